The van der Waals surface area contributed by atoms with Crippen molar-refractivity contribution in [1.82, 2.24) is 9.97 Å². The quantitative estimate of drug-likeness (QED) is 0.767. The van der Waals surface area contributed by atoms with Gasteiger partial charge in [-0.05, 0) is 37.6 Å². The lowest BCUT2D eigenvalue weighted by atomic mass is 10.1. The minimum Gasteiger partial charge on any atom is -0.483 e. The Morgan fingerprint density at radius 1 is 1.21 bits per heavy atom. The van der Waals surface area contributed by atoms with Crippen molar-refractivity contribution >= 4 is 22.4 Å². The number of pyridine rings is 1. The summed E-state index contributed by atoms with van der Waals surface area (Å²) < 4.78 is 5.57. The number of carbonyl (C=O) groups excluding carboxylic acids is 1. The molecule has 5 nitrogen and oxygen atoms in total. The van der Waals surface area contributed by atoms with Gasteiger partial charge < -0.3 is 4.74 Å². The van der Waals surface area contributed by atoms with Crippen molar-refractivity contribution in [1.29, 1.82) is 0 Å². The molecule has 0 saturated carbocycles. The fraction of sp³-hybridized carbons (Fsp3) is 0.167. The molecular formula is C18H17N3O2S. The van der Waals surface area contributed by atoms with Crippen LogP contribution in [0.15, 0.2) is 48.8 Å². The highest BCUT2D eigenvalue weighted by atomic mass is 32.1. The van der Waals surface area contributed by atoms with E-state index < -0.39 is 0 Å². The van der Waals surface area contributed by atoms with Gasteiger partial charge in [-0.25, -0.2) is 4.98 Å². The molecular weight excluding hydrogens is 322 g/mol. The minimum absolute atomic E-state index is 0.0532. The van der Waals surface area contributed by atoms with Crippen LogP contribution in [0.1, 0.15) is 11.1 Å². The molecule has 0 aliphatic carbocycles. The molecule has 0 saturated heterocycles. The molecule has 0 fully saturated rings. The van der Waals surface area contributed by atoms with Gasteiger partial charge in [0, 0.05) is 12.4 Å². The van der Waals surface area contributed by atoms with Crippen molar-refractivity contribution in [2.24, 2.45) is 0 Å². The summed E-state index contributed by atoms with van der Waals surface area (Å²) in [6.45, 7) is 3.92. The average molecular weight is 339 g/mol. The Morgan fingerprint density at radius 2 is 2.08 bits per heavy atom. The molecule has 0 spiro atoms. The van der Waals surface area contributed by atoms with Gasteiger partial charge in [0.05, 0.1) is 10.6 Å². The summed E-state index contributed by atoms with van der Waals surface area (Å²) in [4.78, 5) is 21.4. The first-order chi connectivity index (χ1) is 11.6. The van der Waals surface area contributed by atoms with Gasteiger partial charge in [-0.2, -0.15) is 0 Å². The van der Waals surface area contributed by atoms with Crippen LogP contribution in [0.4, 0.5) is 5.13 Å². The molecule has 0 unspecified atom stereocenters. The van der Waals surface area contributed by atoms with Crippen LogP contribution < -0.4 is 10.1 Å². The number of hydrogen-bond donors (Lipinski definition) is 1. The minimum atomic E-state index is -0.239. The Morgan fingerprint density at radius 3 is 2.83 bits per heavy atom. The zero-order valence-corrected chi connectivity index (χ0v) is 14.3. The van der Waals surface area contributed by atoms with Crippen LogP contribution in [0.3, 0.4) is 0 Å². The van der Waals surface area contributed by atoms with Crippen molar-refractivity contribution < 1.29 is 9.53 Å². The third kappa shape index (κ3) is 3.97. The number of hydrogen-bond acceptors (Lipinski definition) is 5. The van der Waals surface area contributed by atoms with Gasteiger partial charge in [0.15, 0.2) is 11.7 Å². The number of aromatic nitrogens is 2. The van der Waals surface area contributed by atoms with E-state index in [1.165, 1.54) is 11.3 Å². The van der Waals surface area contributed by atoms with Gasteiger partial charge in [0.25, 0.3) is 5.91 Å². The van der Waals surface area contributed by atoms with Crippen LogP contribution >= 0.6 is 11.3 Å². The van der Waals surface area contributed by atoms with Crippen molar-refractivity contribution in [2.45, 2.75) is 13.8 Å². The van der Waals surface area contributed by atoms with Crippen LogP contribution in [-0.4, -0.2) is 22.5 Å². The number of benzene rings is 1. The number of amides is 1. The van der Waals surface area contributed by atoms with E-state index in [9.17, 15) is 4.79 Å². The number of aryl methyl sites for hydroxylation is 2. The molecule has 1 N–H and O–H groups in total. The molecule has 2 aromatic heterocycles. The molecule has 6 heteroatoms. The van der Waals surface area contributed by atoms with Gasteiger partial charge in [-0.3, -0.25) is 15.1 Å². The third-order valence-corrected chi connectivity index (χ3v) is 4.29. The van der Waals surface area contributed by atoms with E-state index in [1.807, 2.05) is 50.2 Å². The van der Waals surface area contributed by atoms with Crippen LogP contribution in [-0.2, 0) is 4.79 Å². The van der Waals surface area contributed by atoms with Crippen LogP contribution in [0.2, 0.25) is 0 Å². The Kier molecular flexibility index (Phi) is 4.86. The van der Waals surface area contributed by atoms with Gasteiger partial charge in [-0.15, -0.1) is 0 Å². The fourth-order valence-corrected chi connectivity index (χ4v) is 3.03. The molecule has 24 heavy (non-hydrogen) atoms. The first-order valence-corrected chi connectivity index (χ1v) is 8.30. The Labute approximate surface area is 144 Å². The van der Waals surface area contributed by atoms with Crippen molar-refractivity contribution in [3.63, 3.8) is 0 Å². The highest BCUT2D eigenvalue weighted by molar-refractivity contribution is 7.19. The second-order valence-corrected chi connectivity index (χ2v) is 6.38. The molecule has 3 rings (SSSR count). The van der Waals surface area contributed by atoms with E-state index in [-0.39, 0.29) is 12.5 Å². The standard InChI is InChI=1S/C18H17N3O2S/c1-12-6-7-15(13(2)9-12)23-11-17(22)21-18-20-10-16(24-18)14-5-3-4-8-19-14/h3-10H,11H2,1-2H3,(H,20,21,22). The molecule has 0 aliphatic heterocycles. The van der Waals surface area contributed by atoms with E-state index in [1.54, 1.807) is 12.4 Å². The highest BCUT2D eigenvalue weighted by Gasteiger charge is 2.10. The summed E-state index contributed by atoms with van der Waals surface area (Å²) in [5, 5.41) is 3.28. The van der Waals surface area contributed by atoms with E-state index in [4.69, 9.17) is 4.74 Å². The Balaban J connectivity index is 1.58. The van der Waals surface area contributed by atoms with E-state index in [0.29, 0.717) is 10.9 Å². The molecule has 0 atom stereocenters. The van der Waals surface area contributed by atoms with Crippen LogP contribution in [0.25, 0.3) is 10.6 Å². The smallest absolute Gasteiger partial charge is 0.264 e. The number of ether oxygens (including phenoxy) is 1. The first-order valence-electron chi connectivity index (χ1n) is 7.49. The predicted octanol–water partition coefficient (Wildman–Crippen LogP) is 3.84. The number of thiazole rings is 1. The van der Waals surface area contributed by atoms with Gasteiger partial charge in [0.1, 0.15) is 5.75 Å². The van der Waals surface area contributed by atoms with Crippen molar-refractivity contribution in [2.75, 3.05) is 11.9 Å². The molecule has 1 amide bonds. The zero-order valence-electron chi connectivity index (χ0n) is 13.4. The second kappa shape index (κ2) is 7.23. The summed E-state index contributed by atoms with van der Waals surface area (Å²) >= 11 is 1.38. The molecule has 1 aromatic carbocycles. The largest absolute Gasteiger partial charge is 0.483 e. The summed E-state index contributed by atoms with van der Waals surface area (Å²) in [7, 11) is 0. The molecule has 122 valence electrons. The molecule has 2 heterocycles. The SMILES string of the molecule is Cc1ccc(OCC(=O)Nc2ncc(-c3ccccn3)s2)c(C)c1. The number of rotatable bonds is 5. The molecule has 0 aliphatic rings. The van der Waals surface area contributed by atoms with E-state index in [0.717, 1.165) is 21.7 Å². The third-order valence-electron chi connectivity index (χ3n) is 3.36. The number of carbonyl (C=O) groups is 1. The maximum absolute atomic E-state index is 12.0. The van der Waals surface area contributed by atoms with Gasteiger partial charge in [-0.1, -0.05) is 35.1 Å². The summed E-state index contributed by atoms with van der Waals surface area (Å²) in [6, 6.07) is 11.5. The monoisotopic (exact) mass is 339 g/mol. The Hall–Kier alpha value is -2.73. The van der Waals surface area contributed by atoms with Crippen molar-refractivity contribution in [3.8, 4) is 16.3 Å². The van der Waals surface area contributed by atoms with E-state index >= 15 is 0 Å². The lowest BCUT2D eigenvalue weighted by Crippen LogP contribution is -2.20. The first kappa shape index (κ1) is 16.1. The van der Waals surface area contributed by atoms with Crippen LogP contribution in [0.5, 0.6) is 5.75 Å². The predicted molar refractivity (Wildman–Crippen MR) is 95.4 cm³/mol. The van der Waals surface area contributed by atoms with Gasteiger partial charge >= 0.3 is 0 Å². The maximum atomic E-state index is 12.0. The highest BCUT2D eigenvalue weighted by Crippen LogP contribution is 2.27. The fourth-order valence-electron chi connectivity index (χ4n) is 2.22. The van der Waals surface area contributed by atoms with Gasteiger partial charge in [0.2, 0.25) is 0 Å². The van der Waals surface area contributed by atoms with Crippen LogP contribution in [0, 0.1) is 13.8 Å². The second-order valence-electron chi connectivity index (χ2n) is 5.35. The lowest BCUT2D eigenvalue weighted by molar-refractivity contribution is -0.118. The molecule has 0 radical (unpaired) electrons. The summed E-state index contributed by atoms with van der Waals surface area (Å²) in [6.07, 6.45) is 3.43. The molecule has 0 bridgehead atoms. The number of anilines is 1. The Bertz CT molecular complexity index is 846. The zero-order chi connectivity index (χ0) is 16.9. The lowest BCUT2D eigenvalue weighted by Gasteiger charge is -2.09. The number of nitrogens with one attached hydrogen (secondary N) is 1. The summed E-state index contributed by atoms with van der Waals surface area (Å²) in [5.41, 5.74) is 3.01. The maximum Gasteiger partial charge on any atom is 0.264 e. The van der Waals surface area contributed by atoms with Crippen molar-refractivity contribution in [3.05, 3.63) is 59.9 Å². The number of nitrogens with zero attached hydrogens (tertiary/aromatic N) is 2. The normalized spacial score (nSPS) is 10.4. The van der Waals surface area contributed by atoms with E-state index in [2.05, 4.69) is 15.3 Å². The molecule has 3 aromatic rings. The topological polar surface area (TPSA) is 64.1 Å². The summed E-state index contributed by atoms with van der Waals surface area (Å²) in [5.74, 6) is 0.473. The average Bonchev–Trinajstić information content (AvgIpc) is 3.03.